The van der Waals surface area contributed by atoms with E-state index in [-0.39, 0.29) is 26.4 Å². The number of hydrogen-bond acceptors (Lipinski definition) is 8. The molecule has 1 aliphatic rings. The van der Waals surface area contributed by atoms with Crippen molar-refractivity contribution in [2.24, 2.45) is 0 Å². The van der Waals surface area contributed by atoms with Crippen molar-refractivity contribution in [1.82, 2.24) is 4.98 Å². The lowest BCUT2D eigenvalue weighted by molar-refractivity contribution is -0.139. The van der Waals surface area contributed by atoms with Gasteiger partial charge in [0.2, 0.25) is 0 Å². The Morgan fingerprint density at radius 3 is 1.84 bits per heavy atom. The molecule has 0 saturated carbocycles. The molecular weight excluding hydrogens is 574 g/mol. The molecule has 5 aromatic rings. The van der Waals surface area contributed by atoms with Crippen LogP contribution < -0.4 is 9.47 Å². The normalized spacial score (nSPS) is 12.5. The van der Waals surface area contributed by atoms with Crippen LogP contribution in [-0.2, 0) is 24.5 Å². The Bertz CT molecular complexity index is 1770. The maximum atomic E-state index is 11.3. The van der Waals surface area contributed by atoms with Crippen molar-refractivity contribution in [3.8, 4) is 22.6 Å². The van der Waals surface area contributed by atoms with Gasteiger partial charge in [0, 0.05) is 12.2 Å². The van der Waals surface area contributed by atoms with Gasteiger partial charge in [-0.25, -0.2) is 14.6 Å². The summed E-state index contributed by atoms with van der Waals surface area (Å²) in [4.78, 5) is 27.3. The van der Waals surface area contributed by atoms with Gasteiger partial charge in [0.05, 0.1) is 21.1 Å². The highest BCUT2D eigenvalue weighted by Crippen LogP contribution is 2.57. The van der Waals surface area contributed by atoms with Gasteiger partial charge in [-0.3, -0.25) is 0 Å². The number of nitrogens with zero attached hydrogens (tertiary/aromatic N) is 1. The summed E-state index contributed by atoms with van der Waals surface area (Å²) in [5, 5.41) is 0. The minimum atomic E-state index is -0.639. The summed E-state index contributed by atoms with van der Waals surface area (Å²) in [6.07, 6.45) is 2.26. The second kappa shape index (κ2) is 12.6. The summed E-state index contributed by atoms with van der Waals surface area (Å²) in [6.45, 7) is 7.53. The number of aromatic nitrogens is 1. The predicted octanol–water partition coefficient (Wildman–Crippen LogP) is 6.88. The van der Waals surface area contributed by atoms with Gasteiger partial charge in [0.15, 0.2) is 0 Å². The van der Waals surface area contributed by atoms with Crippen molar-refractivity contribution in [3.63, 3.8) is 0 Å². The SMILES string of the molecule is C=CC(=O)OCCOc1ccc(C2(c3ccc(OCCOC(=O)C=C)cc3)c3ccccc3-c3cc4scnc4cc32)cc1. The van der Waals surface area contributed by atoms with Crippen LogP contribution in [0.15, 0.2) is 116 Å². The van der Waals surface area contributed by atoms with E-state index in [4.69, 9.17) is 18.9 Å². The lowest BCUT2D eigenvalue weighted by atomic mass is 9.67. The second-order valence-corrected chi connectivity index (χ2v) is 10.9. The Morgan fingerprint density at radius 2 is 1.27 bits per heavy atom. The number of ether oxygens (including phenoxy) is 4. The third-order valence-corrected chi connectivity index (χ3v) is 8.39. The summed E-state index contributed by atoms with van der Waals surface area (Å²) in [6, 6.07) is 29.1. The zero-order valence-corrected chi connectivity index (χ0v) is 24.7. The summed E-state index contributed by atoms with van der Waals surface area (Å²) in [5.74, 6) is 0.374. The van der Waals surface area contributed by atoms with Crippen LogP contribution in [0.1, 0.15) is 22.3 Å². The van der Waals surface area contributed by atoms with E-state index in [0.29, 0.717) is 11.5 Å². The van der Waals surface area contributed by atoms with Gasteiger partial charge in [0.1, 0.15) is 37.9 Å². The van der Waals surface area contributed by atoms with Gasteiger partial charge < -0.3 is 18.9 Å². The molecule has 8 heteroatoms. The molecule has 0 radical (unpaired) electrons. The van der Waals surface area contributed by atoms with Crippen molar-refractivity contribution in [2.75, 3.05) is 26.4 Å². The molecule has 0 aliphatic heterocycles. The van der Waals surface area contributed by atoms with Crippen LogP contribution in [-0.4, -0.2) is 43.4 Å². The molecule has 44 heavy (non-hydrogen) atoms. The Labute approximate surface area is 259 Å². The molecule has 0 bridgehead atoms. The van der Waals surface area contributed by atoms with Crippen LogP contribution in [0, 0.1) is 0 Å². The number of benzene rings is 4. The molecule has 220 valence electrons. The van der Waals surface area contributed by atoms with E-state index in [0.717, 1.165) is 39.1 Å². The van der Waals surface area contributed by atoms with Crippen molar-refractivity contribution >= 4 is 33.5 Å². The molecule has 0 N–H and O–H groups in total. The standard InChI is InChI=1S/C36H29NO6S/c1-3-34(38)42-19-17-40-26-13-9-24(10-14-26)36(25-11-15-27(16-12-25)41-18-20-43-35(39)4-2)30-8-6-5-7-28(30)29-21-33-32(22-31(29)36)37-23-44-33/h3-16,21-23H,1-2,17-20H2. The number of thiazole rings is 1. The fraction of sp³-hybridized carbons (Fsp3) is 0.139. The maximum absolute atomic E-state index is 11.3. The highest BCUT2D eigenvalue weighted by atomic mass is 32.1. The Balaban J connectivity index is 1.39. The molecule has 0 saturated heterocycles. The van der Waals surface area contributed by atoms with E-state index in [2.05, 4.69) is 78.8 Å². The van der Waals surface area contributed by atoms with E-state index in [1.807, 2.05) is 29.8 Å². The molecule has 6 rings (SSSR count). The molecule has 7 nitrogen and oxygen atoms in total. The molecule has 1 heterocycles. The van der Waals surface area contributed by atoms with Gasteiger partial charge in [-0.05, 0) is 69.8 Å². The first-order chi connectivity index (χ1) is 21.5. The topological polar surface area (TPSA) is 84.0 Å². The fourth-order valence-electron chi connectivity index (χ4n) is 5.74. The van der Waals surface area contributed by atoms with Gasteiger partial charge in [-0.15, -0.1) is 11.3 Å². The molecule has 1 aromatic heterocycles. The summed E-state index contributed by atoms with van der Waals surface area (Å²) >= 11 is 1.63. The number of esters is 2. The molecule has 0 spiro atoms. The Hall–Kier alpha value is -5.21. The van der Waals surface area contributed by atoms with E-state index in [9.17, 15) is 9.59 Å². The second-order valence-electron chi connectivity index (χ2n) is 10.0. The third-order valence-electron chi connectivity index (χ3n) is 7.60. The summed E-state index contributed by atoms with van der Waals surface area (Å²) in [7, 11) is 0. The summed E-state index contributed by atoms with van der Waals surface area (Å²) < 4.78 is 22.9. The Morgan fingerprint density at radius 1 is 0.705 bits per heavy atom. The number of rotatable bonds is 12. The Kier molecular flexibility index (Phi) is 8.25. The first-order valence-electron chi connectivity index (χ1n) is 14.1. The summed E-state index contributed by atoms with van der Waals surface area (Å²) in [5.41, 5.74) is 8.98. The lowest BCUT2D eigenvalue weighted by Crippen LogP contribution is -2.28. The highest BCUT2D eigenvalue weighted by Gasteiger charge is 2.46. The van der Waals surface area contributed by atoms with Gasteiger partial charge >= 0.3 is 11.9 Å². The molecule has 1 aliphatic carbocycles. The van der Waals surface area contributed by atoms with E-state index < -0.39 is 17.4 Å². The smallest absolute Gasteiger partial charge is 0.330 e. The molecule has 0 amide bonds. The zero-order chi connectivity index (χ0) is 30.5. The largest absolute Gasteiger partial charge is 0.490 e. The maximum Gasteiger partial charge on any atom is 0.330 e. The minimum Gasteiger partial charge on any atom is -0.490 e. The average Bonchev–Trinajstić information content (AvgIpc) is 3.65. The van der Waals surface area contributed by atoms with E-state index >= 15 is 0 Å². The van der Waals surface area contributed by atoms with Crippen molar-refractivity contribution in [1.29, 1.82) is 0 Å². The van der Waals surface area contributed by atoms with Crippen LogP contribution >= 0.6 is 11.3 Å². The monoisotopic (exact) mass is 603 g/mol. The quantitative estimate of drug-likeness (QED) is 0.0857. The van der Waals surface area contributed by atoms with Gasteiger partial charge in [-0.1, -0.05) is 61.7 Å². The van der Waals surface area contributed by atoms with Crippen LogP contribution in [0.25, 0.3) is 21.3 Å². The van der Waals surface area contributed by atoms with Crippen LogP contribution in [0.4, 0.5) is 0 Å². The molecule has 4 aromatic carbocycles. The van der Waals surface area contributed by atoms with Crippen molar-refractivity contribution < 1.29 is 28.5 Å². The van der Waals surface area contributed by atoms with Gasteiger partial charge in [0.25, 0.3) is 0 Å². The minimum absolute atomic E-state index is 0.131. The number of carbonyl (C=O) groups excluding carboxylic acids is 2. The van der Waals surface area contributed by atoms with Gasteiger partial charge in [-0.2, -0.15) is 0 Å². The van der Waals surface area contributed by atoms with E-state index in [1.165, 1.54) is 16.7 Å². The lowest BCUT2D eigenvalue weighted by Gasteiger charge is -2.34. The third kappa shape index (κ3) is 5.36. The average molecular weight is 604 g/mol. The predicted molar refractivity (Wildman–Crippen MR) is 170 cm³/mol. The molecule has 0 fully saturated rings. The zero-order valence-electron chi connectivity index (χ0n) is 23.9. The fourth-order valence-corrected chi connectivity index (χ4v) is 6.44. The van der Waals surface area contributed by atoms with E-state index in [1.54, 1.807) is 11.3 Å². The highest BCUT2D eigenvalue weighted by molar-refractivity contribution is 7.16. The number of carbonyl (C=O) groups is 2. The number of hydrogen-bond donors (Lipinski definition) is 0. The first-order valence-corrected chi connectivity index (χ1v) is 14.9. The van der Waals surface area contributed by atoms with Crippen LogP contribution in [0.2, 0.25) is 0 Å². The molecular formula is C36H29NO6S. The van der Waals surface area contributed by atoms with Crippen LogP contribution in [0.5, 0.6) is 11.5 Å². The molecule has 0 unspecified atom stereocenters. The molecule has 0 atom stereocenters. The van der Waals surface area contributed by atoms with Crippen molar-refractivity contribution in [3.05, 3.63) is 138 Å². The number of fused-ring (bicyclic) bond motifs is 4. The first kappa shape index (κ1) is 28.9. The van der Waals surface area contributed by atoms with Crippen LogP contribution in [0.3, 0.4) is 0 Å². The van der Waals surface area contributed by atoms with Crippen molar-refractivity contribution in [2.45, 2.75) is 5.41 Å².